The van der Waals surface area contributed by atoms with Gasteiger partial charge >= 0.3 is 0 Å². The zero-order valence-electron chi connectivity index (χ0n) is 12.1. The van der Waals surface area contributed by atoms with Crippen molar-refractivity contribution in [3.8, 4) is 0 Å². The van der Waals surface area contributed by atoms with E-state index in [1.807, 2.05) is 18.2 Å². The van der Waals surface area contributed by atoms with Crippen molar-refractivity contribution in [3.05, 3.63) is 35.0 Å². The fourth-order valence-electron chi connectivity index (χ4n) is 2.12. The highest BCUT2D eigenvalue weighted by Crippen LogP contribution is 2.22. The Bertz CT molecular complexity index is 598. The third-order valence-electron chi connectivity index (χ3n) is 3.88. The van der Waals surface area contributed by atoms with Gasteiger partial charge in [0.1, 0.15) is 0 Å². The van der Waals surface area contributed by atoms with Crippen LogP contribution in [0.15, 0.2) is 18.2 Å². The average Bonchev–Trinajstić information content (AvgIpc) is 2.70. The average molecular weight is 258 g/mol. The second-order valence-electron chi connectivity index (χ2n) is 5.36. The molecule has 1 heterocycles. The first kappa shape index (κ1) is 13.7. The molecule has 0 aliphatic heterocycles. The number of carbonyl (C=O) groups is 1. The van der Waals surface area contributed by atoms with Gasteiger partial charge < -0.3 is 10.3 Å². The maximum Gasteiger partial charge on any atom is 0.251 e. The molecular weight excluding hydrogens is 236 g/mol. The van der Waals surface area contributed by atoms with E-state index in [-0.39, 0.29) is 5.91 Å². The monoisotopic (exact) mass is 258 g/mol. The molecule has 2 rings (SSSR count). The van der Waals surface area contributed by atoms with E-state index in [9.17, 15) is 4.79 Å². The van der Waals surface area contributed by atoms with Gasteiger partial charge in [-0.1, -0.05) is 20.3 Å². The third-order valence-corrected chi connectivity index (χ3v) is 3.88. The summed E-state index contributed by atoms with van der Waals surface area (Å²) in [4.78, 5) is 15.4. The van der Waals surface area contributed by atoms with Crippen LogP contribution in [-0.2, 0) is 0 Å². The van der Waals surface area contributed by atoms with Gasteiger partial charge in [0.2, 0.25) is 0 Å². The summed E-state index contributed by atoms with van der Waals surface area (Å²) in [6, 6.07) is 5.83. The molecule has 2 N–H and O–H groups in total. The highest BCUT2D eigenvalue weighted by atomic mass is 16.1. The number of aromatic amines is 1. The summed E-state index contributed by atoms with van der Waals surface area (Å²) in [7, 11) is 0. The van der Waals surface area contributed by atoms with E-state index in [0.29, 0.717) is 5.92 Å². The van der Waals surface area contributed by atoms with E-state index in [1.54, 1.807) is 0 Å². The zero-order valence-corrected chi connectivity index (χ0v) is 12.1. The Hall–Kier alpha value is -1.77. The molecule has 0 aliphatic carbocycles. The molecule has 0 radical (unpaired) electrons. The number of fused-ring (bicyclic) bond motifs is 1. The summed E-state index contributed by atoms with van der Waals surface area (Å²) in [5, 5.41) is 4.12. The van der Waals surface area contributed by atoms with Crippen molar-refractivity contribution in [2.24, 2.45) is 5.92 Å². The highest BCUT2D eigenvalue weighted by molar-refractivity contribution is 5.99. The highest BCUT2D eigenvalue weighted by Gasteiger charge is 2.10. The Morgan fingerprint density at radius 3 is 2.79 bits per heavy atom. The van der Waals surface area contributed by atoms with Crippen molar-refractivity contribution in [1.82, 2.24) is 10.3 Å². The number of carbonyl (C=O) groups excluding carboxylic acids is 1. The van der Waals surface area contributed by atoms with Gasteiger partial charge in [0, 0.05) is 28.7 Å². The molecule has 0 bridgehead atoms. The number of aromatic nitrogens is 1. The van der Waals surface area contributed by atoms with Crippen LogP contribution in [0.25, 0.3) is 10.9 Å². The maximum absolute atomic E-state index is 12.1. The standard InChI is InChI=1S/C16H22N2O/c1-5-10(2)9-17-16(19)13-6-7-15-14(8-13)11(3)12(4)18-15/h6-8,10,18H,5,9H2,1-4H3,(H,17,19). The van der Waals surface area contributed by atoms with Crippen LogP contribution in [-0.4, -0.2) is 17.4 Å². The molecule has 0 saturated heterocycles. The van der Waals surface area contributed by atoms with E-state index in [1.165, 1.54) is 5.56 Å². The fraction of sp³-hybridized carbons (Fsp3) is 0.438. The van der Waals surface area contributed by atoms with E-state index < -0.39 is 0 Å². The molecule has 2 aromatic rings. The molecule has 102 valence electrons. The van der Waals surface area contributed by atoms with Crippen LogP contribution < -0.4 is 5.32 Å². The number of hydrogen-bond donors (Lipinski definition) is 2. The molecule has 1 atom stereocenters. The summed E-state index contributed by atoms with van der Waals surface area (Å²) in [6.45, 7) is 9.14. The number of rotatable bonds is 4. The van der Waals surface area contributed by atoms with Crippen molar-refractivity contribution in [1.29, 1.82) is 0 Å². The molecule has 0 spiro atoms. The summed E-state index contributed by atoms with van der Waals surface area (Å²) < 4.78 is 0. The van der Waals surface area contributed by atoms with Crippen LogP contribution in [0.1, 0.15) is 41.9 Å². The van der Waals surface area contributed by atoms with Gasteiger partial charge in [-0.3, -0.25) is 4.79 Å². The summed E-state index contributed by atoms with van der Waals surface area (Å²) in [6.07, 6.45) is 1.08. The lowest BCUT2D eigenvalue weighted by molar-refractivity contribution is 0.0948. The molecule has 0 saturated carbocycles. The van der Waals surface area contributed by atoms with Gasteiger partial charge in [0.05, 0.1) is 0 Å². The molecule has 0 fully saturated rings. The van der Waals surface area contributed by atoms with E-state index >= 15 is 0 Å². The minimum atomic E-state index is 0.0143. The lowest BCUT2D eigenvalue weighted by Crippen LogP contribution is -2.27. The Labute approximate surface area is 114 Å². The number of aryl methyl sites for hydroxylation is 2. The van der Waals surface area contributed by atoms with Crippen molar-refractivity contribution in [3.63, 3.8) is 0 Å². The summed E-state index contributed by atoms with van der Waals surface area (Å²) >= 11 is 0. The number of nitrogens with one attached hydrogen (secondary N) is 2. The second-order valence-corrected chi connectivity index (χ2v) is 5.36. The smallest absolute Gasteiger partial charge is 0.251 e. The predicted molar refractivity (Wildman–Crippen MR) is 79.6 cm³/mol. The van der Waals surface area contributed by atoms with Crippen molar-refractivity contribution in [2.45, 2.75) is 34.1 Å². The molecular formula is C16H22N2O. The summed E-state index contributed by atoms with van der Waals surface area (Å²) in [5.74, 6) is 0.532. The van der Waals surface area contributed by atoms with Crippen LogP contribution in [0.5, 0.6) is 0 Å². The number of amides is 1. The van der Waals surface area contributed by atoms with E-state index in [2.05, 4.69) is 38.0 Å². The molecule has 3 heteroatoms. The SMILES string of the molecule is CCC(C)CNC(=O)c1ccc2[nH]c(C)c(C)c2c1. The van der Waals surface area contributed by atoms with Crippen LogP contribution in [0.3, 0.4) is 0 Å². The van der Waals surface area contributed by atoms with Crippen LogP contribution in [0.4, 0.5) is 0 Å². The summed E-state index contributed by atoms with van der Waals surface area (Å²) in [5.41, 5.74) is 4.20. The van der Waals surface area contributed by atoms with Gasteiger partial charge in [-0.15, -0.1) is 0 Å². The molecule has 1 aromatic heterocycles. The first-order valence-corrected chi connectivity index (χ1v) is 6.90. The van der Waals surface area contributed by atoms with Gasteiger partial charge in [0.15, 0.2) is 0 Å². The maximum atomic E-state index is 12.1. The lowest BCUT2D eigenvalue weighted by Gasteiger charge is -2.10. The largest absolute Gasteiger partial charge is 0.358 e. The number of hydrogen-bond acceptors (Lipinski definition) is 1. The molecule has 3 nitrogen and oxygen atoms in total. The first-order valence-electron chi connectivity index (χ1n) is 6.90. The molecule has 19 heavy (non-hydrogen) atoms. The molecule has 0 aliphatic rings. The topological polar surface area (TPSA) is 44.9 Å². The minimum absolute atomic E-state index is 0.0143. The van der Waals surface area contributed by atoms with Gasteiger partial charge in [0.25, 0.3) is 5.91 Å². The Morgan fingerprint density at radius 1 is 1.37 bits per heavy atom. The van der Waals surface area contributed by atoms with Gasteiger partial charge in [-0.2, -0.15) is 0 Å². The first-order chi connectivity index (χ1) is 9.02. The molecule has 1 unspecified atom stereocenters. The van der Waals surface area contributed by atoms with Crippen molar-refractivity contribution >= 4 is 16.8 Å². The van der Waals surface area contributed by atoms with Crippen LogP contribution >= 0.6 is 0 Å². The Morgan fingerprint density at radius 2 is 2.11 bits per heavy atom. The predicted octanol–water partition coefficient (Wildman–Crippen LogP) is 3.56. The fourth-order valence-corrected chi connectivity index (χ4v) is 2.12. The van der Waals surface area contributed by atoms with E-state index in [4.69, 9.17) is 0 Å². The zero-order chi connectivity index (χ0) is 14.0. The van der Waals surface area contributed by atoms with Gasteiger partial charge in [-0.05, 0) is 43.5 Å². The Kier molecular flexibility index (Phi) is 3.93. The number of benzene rings is 1. The quantitative estimate of drug-likeness (QED) is 0.865. The number of H-pyrrole nitrogens is 1. The van der Waals surface area contributed by atoms with Crippen LogP contribution in [0, 0.1) is 19.8 Å². The second kappa shape index (κ2) is 5.47. The van der Waals surface area contributed by atoms with Gasteiger partial charge in [-0.25, -0.2) is 0 Å². The lowest BCUT2D eigenvalue weighted by atomic mass is 10.1. The normalized spacial score (nSPS) is 12.6. The van der Waals surface area contributed by atoms with Crippen LogP contribution in [0.2, 0.25) is 0 Å². The Balaban J connectivity index is 2.20. The van der Waals surface area contributed by atoms with E-state index in [0.717, 1.165) is 35.1 Å². The van der Waals surface area contributed by atoms with Crippen molar-refractivity contribution < 1.29 is 4.79 Å². The van der Waals surface area contributed by atoms with Crippen molar-refractivity contribution in [2.75, 3.05) is 6.54 Å². The minimum Gasteiger partial charge on any atom is -0.358 e. The molecule has 1 aromatic carbocycles. The third kappa shape index (κ3) is 2.80. The molecule has 1 amide bonds.